The molecule has 0 aromatic rings. The van der Waals surface area contributed by atoms with Crippen molar-refractivity contribution in [3.8, 4) is 0 Å². The van der Waals surface area contributed by atoms with Gasteiger partial charge in [0.1, 0.15) is 0 Å². The highest BCUT2D eigenvalue weighted by atomic mass is 33.1. The van der Waals surface area contributed by atoms with Gasteiger partial charge in [-0.25, -0.2) is 9.59 Å². The van der Waals surface area contributed by atoms with Crippen molar-refractivity contribution in [2.45, 2.75) is 36.4 Å². The number of aliphatic hydroxyl groups excluding tert-OH is 2. The predicted molar refractivity (Wildman–Crippen MR) is 96.2 cm³/mol. The lowest BCUT2D eigenvalue weighted by Gasteiger charge is -2.19. The Morgan fingerprint density at radius 3 is 1.35 bits per heavy atom. The van der Waals surface area contributed by atoms with Gasteiger partial charge >= 0.3 is 11.9 Å². The number of methoxy groups -OCH3 is 2. The zero-order valence-corrected chi connectivity index (χ0v) is 16.5. The van der Waals surface area contributed by atoms with Crippen molar-refractivity contribution >= 4 is 45.3 Å². The third kappa shape index (κ3) is 8.25. The van der Waals surface area contributed by atoms with E-state index in [0.717, 1.165) is 35.8 Å². The van der Waals surface area contributed by atoms with Crippen molar-refractivity contribution in [1.29, 1.82) is 0 Å². The van der Waals surface area contributed by atoms with Gasteiger partial charge in [0.05, 0.1) is 37.9 Å². The lowest BCUT2D eigenvalue weighted by molar-refractivity contribution is -0.146. The van der Waals surface area contributed by atoms with Crippen LogP contribution in [0.4, 0.5) is 0 Å². The van der Waals surface area contributed by atoms with Crippen LogP contribution in [-0.2, 0) is 28.7 Å². The van der Waals surface area contributed by atoms with Crippen LogP contribution in [0.5, 0.6) is 0 Å². The van der Waals surface area contributed by atoms with Crippen LogP contribution in [0.2, 0.25) is 0 Å². The summed E-state index contributed by atoms with van der Waals surface area (Å²) < 4.78 is 8.91. The number of ether oxygens (including phenoxy) is 2. The van der Waals surface area contributed by atoms with E-state index in [1.807, 2.05) is 0 Å². The number of aliphatic hydroxyl groups is 2. The Morgan fingerprint density at radius 2 is 1.12 bits per heavy atom. The van der Waals surface area contributed by atoms with Gasteiger partial charge in [-0.2, -0.15) is 0 Å². The standard InChI is InChI=1S/C14H24N2O8S2/c1-7(11(19)15-9(5-17)13(21)23-3)25-26-8(2)12(20)16-10(6-18)14(22)24-4/h7-10,17-18H,5-6H2,1-4H3,(H,15,19)(H,16,20). The molecule has 0 aliphatic carbocycles. The lowest BCUT2D eigenvalue weighted by atomic mass is 10.3. The number of rotatable bonds is 11. The summed E-state index contributed by atoms with van der Waals surface area (Å²) in [5.74, 6) is -2.56. The van der Waals surface area contributed by atoms with Crippen LogP contribution in [0.3, 0.4) is 0 Å². The van der Waals surface area contributed by atoms with Crippen LogP contribution in [0.25, 0.3) is 0 Å². The van der Waals surface area contributed by atoms with Gasteiger partial charge in [-0.1, -0.05) is 21.6 Å². The Kier molecular flexibility index (Phi) is 12.1. The number of amides is 2. The summed E-state index contributed by atoms with van der Waals surface area (Å²) in [7, 11) is 4.42. The number of carbonyl (C=O) groups excluding carboxylic acids is 4. The molecule has 0 aliphatic rings. The van der Waals surface area contributed by atoms with Gasteiger partial charge in [0.2, 0.25) is 11.8 Å². The molecule has 12 heteroatoms. The summed E-state index contributed by atoms with van der Waals surface area (Å²) in [6.45, 7) is 1.93. The smallest absolute Gasteiger partial charge is 0.330 e. The van der Waals surface area contributed by atoms with E-state index in [2.05, 4.69) is 20.1 Å². The van der Waals surface area contributed by atoms with Gasteiger partial charge in [-0.3, -0.25) is 9.59 Å². The first-order valence-electron chi connectivity index (χ1n) is 7.52. The van der Waals surface area contributed by atoms with Gasteiger partial charge in [-0.05, 0) is 13.8 Å². The maximum Gasteiger partial charge on any atom is 0.330 e. The minimum Gasteiger partial charge on any atom is -0.467 e. The normalized spacial score (nSPS) is 15.2. The molecule has 0 rings (SSSR count). The van der Waals surface area contributed by atoms with Gasteiger partial charge in [-0.15, -0.1) is 0 Å². The minimum atomic E-state index is -1.16. The quantitative estimate of drug-likeness (QED) is 0.232. The van der Waals surface area contributed by atoms with Gasteiger partial charge in [0, 0.05) is 0 Å². The second-order valence-electron chi connectivity index (χ2n) is 5.01. The van der Waals surface area contributed by atoms with Crippen LogP contribution in [0.1, 0.15) is 13.8 Å². The van der Waals surface area contributed by atoms with Crippen LogP contribution >= 0.6 is 21.6 Å². The second kappa shape index (κ2) is 12.8. The maximum atomic E-state index is 12.0. The summed E-state index contributed by atoms with van der Waals surface area (Å²) in [6, 6.07) is -2.32. The molecule has 0 radical (unpaired) electrons. The molecular weight excluding hydrogens is 388 g/mol. The number of hydrogen-bond acceptors (Lipinski definition) is 10. The molecule has 0 heterocycles. The molecule has 150 valence electrons. The Hall–Kier alpha value is -1.50. The van der Waals surface area contributed by atoms with Crippen molar-refractivity contribution in [2.24, 2.45) is 0 Å². The van der Waals surface area contributed by atoms with E-state index in [1.165, 1.54) is 0 Å². The summed E-state index contributed by atoms with van der Waals surface area (Å²) in [5, 5.41) is 21.6. The highest BCUT2D eigenvalue weighted by molar-refractivity contribution is 8.77. The summed E-state index contributed by atoms with van der Waals surface area (Å²) in [5.41, 5.74) is 0. The molecule has 4 atom stereocenters. The Bertz CT molecular complexity index is 461. The van der Waals surface area contributed by atoms with E-state index < -0.39 is 59.6 Å². The molecule has 0 aliphatic heterocycles. The molecule has 0 aromatic carbocycles. The number of esters is 2. The van der Waals surface area contributed by atoms with Crippen LogP contribution in [-0.4, -0.2) is 84.0 Å². The lowest BCUT2D eigenvalue weighted by Crippen LogP contribution is -2.47. The van der Waals surface area contributed by atoms with Crippen LogP contribution in [0.15, 0.2) is 0 Å². The Morgan fingerprint density at radius 1 is 0.808 bits per heavy atom. The molecule has 26 heavy (non-hydrogen) atoms. The Balaban J connectivity index is 4.49. The molecule has 0 saturated carbocycles. The van der Waals surface area contributed by atoms with E-state index in [4.69, 9.17) is 10.2 Å². The topological polar surface area (TPSA) is 151 Å². The third-order valence-electron chi connectivity index (χ3n) is 3.05. The molecule has 0 spiro atoms. The van der Waals surface area contributed by atoms with E-state index in [0.29, 0.717) is 0 Å². The first-order valence-corrected chi connectivity index (χ1v) is 9.79. The van der Waals surface area contributed by atoms with Gasteiger partial charge in [0.25, 0.3) is 0 Å². The molecular formula is C14H24N2O8S2. The van der Waals surface area contributed by atoms with Gasteiger partial charge in [0.15, 0.2) is 12.1 Å². The van der Waals surface area contributed by atoms with Crippen molar-refractivity contribution in [3.05, 3.63) is 0 Å². The van der Waals surface area contributed by atoms with Gasteiger partial charge < -0.3 is 30.3 Å². The molecule has 0 saturated heterocycles. The minimum absolute atomic E-state index is 0.512. The van der Waals surface area contributed by atoms with Crippen molar-refractivity contribution in [3.63, 3.8) is 0 Å². The van der Waals surface area contributed by atoms with E-state index in [9.17, 15) is 19.2 Å². The zero-order valence-electron chi connectivity index (χ0n) is 14.9. The first-order chi connectivity index (χ1) is 12.2. The summed E-state index contributed by atoms with van der Waals surface area (Å²) in [6.07, 6.45) is 0. The van der Waals surface area contributed by atoms with Crippen LogP contribution in [0, 0.1) is 0 Å². The fourth-order valence-corrected chi connectivity index (χ4v) is 3.64. The molecule has 10 nitrogen and oxygen atoms in total. The highest BCUT2D eigenvalue weighted by Gasteiger charge is 2.27. The largest absolute Gasteiger partial charge is 0.467 e. The molecule has 2 amide bonds. The number of hydrogen-bond donors (Lipinski definition) is 4. The fourth-order valence-electron chi connectivity index (χ4n) is 1.47. The predicted octanol–water partition coefficient (Wildman–Crippen LogP) is -1.55. The molecule has 0 aromatic heterocycles. The van der Waals surface area contributed by atoms with E-state index in [-0.39, 0.29) is 0 Å². The number of carbonyl (C=O) groups is 4. The zero-order chi connectivity index (χ0) is 20.3. The third-order valence-corrected chi connectivity index (χ3v) is 6.23. The van der Waals surface area contributed by atoms with E-state index >= 15 is 0 Å². The number of nitrogens with one attached hydrogen (secondary N) is 2. The monoisotopic (exact) mass is 412 g/mol. The molecule has 4 N–H and O–H groups in total. The van der Waals surface area contributed by atoms with Crippen molar-refractivity contribution < 1.29 is 38.9 Å². The maximum absolute atomic E-state index is 12.0. The molecule has 0 bridgehead atoms. The highest BCUT2D eigenvalue weighted by Crippen LogP contribution is 2.31. The second-order valence-corrected chi connectivity index (χ2v) is 7.96. The summed E-state index contributed by atoms with van der Waals surface area (Å²) in [4.78, 5) is 46.7. The van der Waals surface area contributed by atoms with Crippen LogP contribution < -0.4 is 10.6 Å². The Labute approximate surface area is 159 Å². The van der Waals surface area contributed by atoms with E-state index in [1.54, 1.807) is 13.8 Å². The molecule has 4 unspecified atom stereocenters. The van der Waals surface area contributed by atoms with Crippen molar-refractivity contribution in [1.82, 2.24) is 10.6 Å². The average molecular weight is 412 g/mol. The SMILES string of the molecule is COC(=O)C(CO)NC(=O)C(C)SSC(C)C(=O)NC(CO)C(=O)OC. The fraction of sp³-hybridized carbons (Fsp3) is 0.714. The summed E-state index contributed by atoms with van der Waals surface area (Å²) >= 11 is 0. The van der Waals surface area contributed by atoms with Crippen molar-refractivity contribution in [2.75, 3.05) is 27.4 Å². The first kappa shape index (κ1) is 24.5. The average Bonchev–Trinajstić information content (AvgIpc) is 2.65. The molecule has 0 fully saturated rings.